The molecule has 28 heavy (non-hydrogen) atoms. The van der Waals surface area contributed by atoms with Crippen LogP contribution in [-0.4, -0.2) is 19.7 Å². The van der Waals surface area contributed by atoms with Crippen molar-refractivity contribution in [3.63, 3.8) is 0 Å². The molecule has 0 atom stereocenters. The number of hydrogen-bond acceptors (Lipinski definition) is 4. The summed E-state index contributed by atoms with van der Waals surface area (Å²) in [5, 5.41) is 11.5. The first kappa shape index (κ1) is 18.0. The van der Waals surface area contributed by atoms with Crippen molar-refractivity contribution < 1.29 is 0 Å². The van der Waals surface area contributed by atoms with Gasteiger partial charge in [-0.2, -0.15) is 5.10 Å². The van der Waals surface area contributed by atoms with E-state index in [1.807, 2.05) is 56.4 Å². The van der Waals surface area contributed by atoms with Crippen LogP contribution in [0.4, 0.5) is 11.5 Å². The minimum atomic E-state index is -0.0219. The maximum Gasteiger partial charge on any atom is 0.258 e. The van der Waals surface area contributed by atoms with Gasteiger partial charge in [-0.05, 0) is 55.7 Å². The summed E-state index contributed by atoms with van der Waals surface area (Å²) >= 11 is 0. The third-order valence-electron chi connectivity index (χ3n) is 5.06. The first-order valence-electron chi connectivity index (χ1n) is 9.35. The van der Waals surface area contributed by atoms with Gasteiger partial charge in [0, 0.05) is 47.3 Å². The van der Waals surface area contributed by atoms with Gasteiger partial charge in [0.1, 0.15) is 0 Å². The average Bonchev–Trinajstić information content (AvgIpc) is 3.14. The third-order valence-corrected chi connectivity index (χ3v) is 5.06. The van der Waals surface area contributed by atoms with Gasteiger partial charge in [0.2, 0.25) is 0 Å². The number of hydrogen-bond donors (Lipinski definition) is 2. The van der Waals surface area contributed by atoms with Crippen molar-refractivity contribution in [2.75, 3.05) is 5.32 Å². The number of benzene rings is 1. The zero-order valence-corrected chi connectivity index (χ0v) is 16.5. The summed E-state index contributed by atoms with van der Waals surface area (Å²) in [4.78, 5) is 17.4. The van der Waals surface area contributed by atoms with Crippen LogP contribution < -0.4 is 10.9 Å². The van der Waals surface area contributed by atoms with Gasteiger partial charge < -0.3 is 9.88 Å². The van der Waals surface area contributed by atoms with Gasteiger partial charge in [0.25, 0.3) is 5.56 Å². The van der Waals surface area contributed by atoms with Gasteiger partial charge in [0.15, 0.2) is 5.82 Å². The monoisotopic (exact) mass is 373 g/mol. The van der Waals surface area contributed by atoms with Crippen LogP contribution in [0.25, 0.3) is 22.0 Å². The highest BCUT2D eigenvalue weighted by atomic mass is 16.1. The molecule has 6 heteroatoms. The lowest BCUT2D eigenvalue weighted by Gasteiger charge is -2.13. The molecule has 2 N–H and O–H groups in total. The van der Waals surface area contributed by atoms with Crippen LogP contribution in [0.15, 0.2) is 47.4 Å². The van der Waals surface area contributed by atoms with Gasteiger partial charge in [-0.1, -0.05) is 13.0 Å². The normalized spacial score (nSPS) is 11.1. The maximum absolute atomic E-state index is 13.1. The van der Waals surface area contributed by atoms with Crippen LogP contribution in [-0.2, 0) is 13.5 Å². The quantitative estimate of drug-likeness (QED) is 0.561. The van der Waals surface area contributed by atoms with E-state index in [0.29, 0.717) is 5.56 Å². The molecule has 3 aromatic heterocycles. The van der Waals surface area contributed by atoms with E-state index in [2.05, 4.69) is 27.4 Å². The fraction of sp³-hybridized carbons (Fsp3) is 0.227. The van der Waals surface area contributed by atoms with E-state index >= 15 is 0 Å². The average molecular weight is 373 g/mol. The number of nitrogens with zero attached hydrogens (tertiary/aromatic N) is 3. The second-order valence-corrected chi connectivity index (χ2v) is 7.09. The van der Waals surface area contributed by atoms with E-state index < -0.39 is 0 Å². The molecule has 0 saturated carbocycles. The molecular formula is C22H23N5O. The van der Waals surface area contributed by atoms with Gasteiger partial charge in [-0.25, -0.2) is 0 Å². The molecule has 0 radical (unpaired) electrons. The van der Waals surface area contributed by atoms with Gasteiger partial charge in [-0.3, -0.25) is 14.9 Å². The summed E-state index contributed by atoms with van der Waals surface area (Å²) in [6.45, 7) is 6.02. The summed E-state index contributed by atoms with van der Waals surface area (Å²) in [6, 6.07) is 11.9. The number of nitrogens with one attached hydrogen (secondary N) is 2. The number of aromatic amines is 1. The zero-order valence-electron chi connectivity index (χ0n) is 16.5. The fourth-order valence-corrected chi connectivity index (χ4v) is 3.40. The van der Waals surface area contributed by atoms with E-state index in [4.69, 9.17) is 0 Å². The number of pyridine rings is 2. The Hall–Kier alpha value is -3.41. The summed E-state index contributed by atoms with van der Waals surface area (Å²) in [5.74, 6) is 0.762. The van der Waals surface area contributed by atoms with E-state index in [-0.39, 0.29) is 5.56 Å². The van der Waals surface area contributed by atoms with Crippen molar-refractivity contribution in [1.82, 2.24) is 19.7 Å². The Labute approximate surface area is 163 Å². The molecule has 4 rings (SSSR count). The van der Waals surface area contributed by atoms with Crippen molar-refractivity contribution >= 4 is 22.4 Å². The molecule has 0 spiro atoms. The Balaban J connectivity index is 1.81. The molecular weight excluding hydrogens is 350 g/mol. The predicted molar refractivity (Wildman–Crippen MR) is 113 cm³/mol. The lowest BCUT2D eigenvalue weighted by molar-refractivity contribution is 0.905. The van der Waals surface area contributed by atoms with Gasteiger partial charge in [-0.15, -0.1) is 0 Å². The van der Waals surface area contributed by atoms with Crippen LogP contribution in [0.2, 0.25) is 0 Å². The third kappa shape index (κ3) is 3.17. The molecule has 3 heterocycles. The number of aromatic nitrogens is 4. The Morgan fingerprint density at radius 2 is 1.93 bits per heavy atom. The molecule has 142 valence electrons. The van der Waals surface area contributed by atoms with E-state index in [1.54, 1.807) is 11.6 Å². The van der Waals surface area contributed by atoms with Crippen LogP contribution in [0.3, 0.4) is 0 Å². The second kappa shape index (κ2) is 6.96. The second-order valence-electron chi connectivity index (χ2n) is 7.09. The lowest BCUT2D eigenvalue weighted by Crippen LogP contribution is -2.19. The molecule has 4 aromatic rings. The first-order valence-corrected chi connectivity index (χ1v) is 9.35. The fourth-order valence-electron chi connectivity index (χ4n) is 3.40. The maximum atomic E-state index is 13.1. The summed E-state index contributed by atoms with van der Waals surface area (Å²) < 4.78 is 1.69. The summed E-state index contributed by atoms with van der Waals surface area (Å²) in [7, 11) is 1.81. The minimum absolute atomic E-state index is 0.0219. The Morgan fingerprint density at radius 3 is 2.68 bits per heavy atom. The predicted octanol–water partition coefficient (Wildman–Crippen LogP) is 4.25. The largest absolute Gasteiger partial charge is 0.339 e. The topological polar surface area (TPSA) is 75.6 Å². The van der Waals surface area contributed by atoms with Crippen LogP contribution in [0.5, 0.6) is 0 Å². The Morgan fingerprint density at radius 1 is 1.11 bits per heavy atom. The molecule has 1 aromatic carbocycles. The van der Waals surface area contributed by atoms with E-state index in [9.17, 15) is 4.79 Å². The smallest absolute Gasteiger partial charge is 0.258 e. The molecule has 0 unspecified atom stereocenters. The Kier molecular flexibility index (Phi) is 4.47. The van der Waals surface area contributed by atoms with Gasteiger partial charge >= 0.3 is 0 Å². The zero-order chi connectivity index (χ0) is 19.8. The van der Waals surface area contributed by atoms with Crippen molar-refractivity contribution in [3.8, 4) is 11.1 Å². The highest BCUT2D eigenvalue weighted by Gasteiger charge is 2.13. The number of H-pyrrole nitrogens is 1. The highest BCUT2D eigenvalue weighted by Crippen LogP contribution is 2.28. The summed E-state index contributed by atoms with van der Waals surface area (Å²) in [5.41, 5.74) is 6.32. The van der Waals surface area contributed by atoms with Crippen LogP contribution in [0.1, 0.15) is 23.9 Å². The number of rotatable bonds is 4. The van der Waals surface area contributed by atoms with Crippen molar-refractivity contribution in [2.24, 2.45) is 7.05 Å². The molecule has 0 saturated heterocycles. The Bertz CT molecular complexity index is 1240. The van der Waals surface area contributed by atoms with Crippen molar-refractivity contribution in [3.05, 3.63) is 69.9 Å². The lowest BCUT2D eigenvalue weighted by atomic mass is 9.99. The number of anilines is 2. The van der Waals surface area contributed by atoms with Crippen LogP contribution >= 0.6 is 0 Å². The number of aryl methyl sites for hydroxylation is 4. The summed E-state index contributed by atoms with van der Waals surface area (Å²) in [6.07, 6.45) is 2.72. The molecule has 0 aliphatic rings. The van der Waals surface area contributed by atoms with Gasteiger partial charge in [0.05, 0.1) is 5.52 Å². The molecule has 0 bridgehead atoms. The van der Waals surface area contributed by atoms with E-state index in [1.165, 1.54) is 0 Å². The van der Waals surface area contributed by atoms with Crippen LogP contribution in [0, 0.1) is 13.8 Å². The molecule has 0 fully saturated rings. The SMILES string of the molecule is CCc1cc(Nc2ccc(C)c(-c3cc4cnc(C)cc4n(C)c3=O)c2)n[nH]1. The molecule has 0 aliphatic carbocycles. The number of fused-ring (bicyclic) bond motifs is 1. The minimum Gasteiger partial charge on any atom is -0.339 e. The highest BCUT2D eigenvalue weighted by molar-refractivity contribution is 5.85. The first-order chi connectivity index (χ1) is 13.5. The van der Waals surface area contributed by atoms with E-state index in [0.717, 1.165) is 51.3 Å². The molecule has 0 amide bonds. The standard InChI is InChI=1S/C22H23N5O/c1-5-16-11-21(26-25-16)24-17-7-6-13(2)18(10-17)19-9-15-12-23-14(3)8-20(15)27(4)22(19)28/h6-12H,5H2,1-4H3,(H2,24,25,26). The molecule has 0 aliphatic heterocycles. The molecule has 6 nitrogen and oxygen atoms in total. The van der Waals surface area contributed by atoms with Crippen molar-refractivity contribution in [1.29, 1.82) is 0 Å². The van der Waals surface area contributed by atoms with Crippen molar-refractivity contribution in [2.45, 2.75) is 27.2 Å².